The molecule has 0 saturated carbocycles. The van der Waals surface area contributed by atoms with Gasteiger partial charge in [-0.25, -0.2) is 4.98 Å². The van der Waals surface area contributed by atoms with Crippen LogP contribution >= 0.6 is 11.6 Å². The molecule has 4 heteroatoms. The number of hydrogen-bond donors (Lipinski definition) is 0. The second-order valence-corrected chi connectivity index (χ2v) is 3.30. The first-order valence-corrected chi connectivity index (χ1v) is 4.71. The summed E-state index contributed by atoms with van der Waals surface area (Å²) in [6.45, 7) is 0. The molecule has 0 aliphatic rings. The minimum atomic E-state index is 0.432. The van der Waals surface area contributed by atoms with Gasteiger partial charge in [0.2, 0.25) is 0 Å². The first-order valence-electron chi connectivity index (χ1n) is 4.33. The van der Waals surface area contributed by atoms with E-state index in [-0.39, 0.29) is 0 Å². The Morgan fingerprint density at radius 3 is 2.93 bits per heavy atom. The van der Waals surface area contributed by atoms with Gasteiger partial charge in [0.1, 0.15) is 10.9 Å². The second-order valence-electron chi connectivity index (χ2n) is 2.91. The average molecular weight is 209 g/mol. The standard InChI is InChI=1S/C10H9ClN2O/c11-10-7-12-6-8(13-10)3-4-9-2-1-5-14-9/h1-2,5-7H,3-4H2. The van der Waals surface area contributed by atoms with Crippen molar-refractivity contribution in [3.8, 4) is 0 Å². The lowest BCUT2D eigenvalue weighted by atomic mass is 10.2. The van der Waals surface area contributed by atoms with Crippen LogP contribution in [0.25, 0.3) is 0 Å². The van der Waals surface area contributed by atoms with Crippen LogP contribution in [0.5, 0.6) is 0 Å². The molecule has 0 spiro atoms. The van der Waals surface area contributed by atoms with Crippen LogP contribution in [-0.2, 0) is 12.8 Å². The number of aryl methyl sites for hydroxylation is 2. The van der Waals surface area contributed by atoms with Crippen molar-refractivity contribution in [2.24, 2.45) is 0 Å². The summed E-state index contributed by atoms with van der Waals surface area (Å²) >= 11 is 5.71. The third kappa shape index (κ3) is 2.33. The van der Waals surface area contributed by atoms with Gasteiger partial charge in [0, 0.05) is 12.6 Å². The number of halogens is 1. The number of furan rings is 1. The van der Waals surface area contributed by atoms with Crippen molar-refractivity contribution in [1.29, 1.82) is 0 Å². The first kappa shape index (κ1) is 9.21. The number of hydrogen-bond acceptors (Lipinski definition) is 3. The molecule has 2 rings (SSSR count). The molecular weight excluding hydrogens is 200 g/mol. The highest BCUT2D eigenvalue weighted by atomic mass is 35.5. The van der Waals surface area contributed by atoms with Crippen LogP contribution in [0.2, 0.25) is 5.15 Å². The molecule has 0 atom stereocenters. The van der Waals surface area contributed by atoms with Crippen molar-refractivity contribution < 1.29 is 4.42 Å². The molecule has 0 aromatic carbocycles. The minimum absolute atomic E-state index is 0.432. The minimum Gasteiger partial charge on any atom is -0.469 e. The second kappa shape index (κ2) is 4.24. The fourth-order valence-corrected chi connectivity index (χ4v) is 1.37. The summed E-state index contributed by atoms with van der Waals surface area (Å²) in [6.07, 6.45) is 6.52. The molecule has 0 bridgehead atoms. The summed E-state index contributed by atoms with van der Waals surface area (Å²) in [5.74, 6) is 0.951. The van der Waals surface area contributed by atoms with Gasteiger partial charge in [-0.15, -0.1) is 0 Å². The molecule has 0 aliphatic heterocycles. The van der Waals surface area contributed by atoms with Crippen LogP contribution < -0.4 is 0 Å². The van der Waals surface area contributed by atoms with Gasteiger partial charge in [-0.2, -0.15) is 0 Å². The Bertz CT molecular complexity index is 400. The van der Waals surface area contributed by atoms with Gasteiger partial charge in [-0.3, -0.25) is 4.98 Å². The van der Waals surface area contributed by atoms with E-state index >= 15 is 0 Å². The largest absolute Gasteiger partial charge is 0.469 e. The lowest BCUT2D eigenvalue weighted by molar-refractivity contribution is 0.507. The topological polar surface area (TPSA) is 38.9 Å². The molecular formula is C10H9ClN2O. The van der Waals surface area contributed by atoms with Crippen LogP contribution in [0.1, 0.15) is 11.5 Å². The van der Waals surface area contributed by atoms with E-state index in [1.807, 2.05) is 12.1 Å². The molecule has 3 nitrogen and oxygen atoms in total. The van der Waals surface area contributed by atoms with E-state index in [0.29, 0.717) is 5.15 Å². The van der Waals surface area contributed by atoms with Crippen molar-refractivity contribution in [2.75, 3.05) is 0 Å². The summed E-state index contributed by atoms with van der Waals surface area (Å²) in [5, 5.41) is 0.432. The quantitative estimate of drug-likeness (QED) is 0.778. The average Bonchev–Trinajstić information content (AvgIpc) is 2.67. The summed E-state index contributed by atoms with van der Waals surface area (Å²) in [5.41, 5.74) is 0.883. The molecule has 0 unspecified atom stereocenters. The van der Waals surface area contributed by atoms with Crippen molar-refractivity contribution in [2.45, 2.75) is 12.8 Å². The monoisotopic (exact) mass is 208 g/mol. The normalized spacial score (nSPS) is 10.4. The molecule has 72 valence electrons. The summed E-state index contributed by atoms with van der Waals surface area (Å²) in [4.78, 5) is 8.09. The lowest BCUT2D eigenvalue weighted by Crippen LogP contribution is -1.94. The van der Waals surface area contributed by atoms with E-state index < -0.39 is 0 Å². The van der Waals surface area contributed by atoms with Gasteiger partial charge >= 0.3 is 0 Å². The maximum absolute atomic E-state index is 5.71. The van der Waals surface area contributed by atoms with Crippen LogP contribution in [0.4, 0.5) is 0 Å². The maximum Gasteiger partial charge on any atom is 0.147 e. The van der Waals surface area contributed by atoms with Gasteiger partial charge in [0.25, 0.3) is 0 Å². The van der Waals surface area contributed by atoms with Crippen LogP contribution in [0.15, 0.2) is 35.2 Å². The van der Waals surface area contributed by atoms with E-state index in [2.05, 4.69) is 9.97 Å². The van der Waals surface area contributed by atoms with Crippen LogP contribution in [-0.4, -0.2) is 9.97 Å². The van der Waals surface area contributed by atoms with E-state index in [9.17, 15) is 0 Å². The van der Waals surface area contributed by atoms with Crippen LogP contribution in [0, 0.1) is 0 Å². The lowest BCUT2D eigenvalue weighted by Gasteiger charge is -1.97. The number of rotatable bonds is 3. The SMILES string of the molecule is Clc1cncc(CCc2ccco2)n1. The molecule has 2 aromatic rings. The van der Waals surface area contributed by atoms with Crippen molar-refractivity contribution in [1.82, 2.24) is 9.97 Å². The summed E-state index contributed by atoms with van der Waals surface area (Å²) in [7, 11) is 0. The van der Waals surface area contributed by atoms with Crippen LogP contribution in [0.3, 0.4) is 0 Å². The predicted molar refractivity (Wildman–Crippen MR) is 53.2 cm³/mol. The highest BCUT2D eigenvalue weighted by Crippen LogP contribution is 2.07. The number of nitrogens with zero attached hydrogens (tertiary/aromatic N) is 2. The fraction of sp³-hybridized carbons (Fsp3) is 0.200. The fourth-order valence-electron chi connectivity index (χ4n) is 1.21. The molecule has 2 aromatic heterocycles. The van der Waals surface area contributed by atoms with E-state index in [1.54, 1.807) is 12.5 Å². The van der Waals surface area contributed by atoms with Crippen molar-refractivity contribution in [3.63, 3.8) is 0 Å². The predicted octanol–water partition coefficient (Wildman–Crippen LogP) is 2.51. The number of aromatic nitrogens is 2. The highest BCUT2D eigenvalue weighted by molar-refractivity contribution is 6.29. The summed E-state index contributed by atoms with van der Waals surface area (Å²) in [6, 6.07) is 3.82. The molecule has 14 heavy (non-hydrogen) atoms. The van der Waals surface area contributed by atoms with Crippen molar-refractivity contribution >= 4 is 11.6 Å². The van der Waals surface area contributed by atoms with E-state index in [0.717, 1.165) is 24.3 Å². The smallest absolute Gasteiger partial charge is 0.147 e. The first-order chi connectivity index (χ1) is 6.84. The molecule has 0 fully saturated rings. The summed E-state index contributed by atoms with van der Waals surface area (Å²) < 4.78 is 5.20. The molecule has 0 aliphatic carbocycles. The zero-order valence-electron chi connectivity index (χ0n) is 7.48. The zero-order valence-corrected chi connectivity index (χ0v) is 8.24. The Kier molecular flexibility index (Phi) is 2.79. The van der Waals surface area contributed by atoms with Crippen molar-refractivity contribution in [3.05, 3.63) is 47.4 Å². The molecule has 0 N–H and O–H groups in total. The van der Waals surface area contributed by atoms with Gasteiger partial charge < -0.3 is 4.42 Å². The molecule has 0 radical (unpaired) electrons. The van der Waals surface area contributed by atoms with Gasteiger partial charge in [0.15, 0.2) is 0 Å². The van der Waals surface area contributed by atoms with Gasteiger partial charge in [-0.05, 0) is 18.6 Å². The highest BCUT2D eigenvalue weighted by Gasteiger charge is 2.00. The zero-order chi connectivity index (χ0) is 9.80. The molecule has 2 heterocycles. The molecule has 0 amide bonds. The van der Waals surface area contributed by atoms with Gasteiger partial charge in [-0.1, -0.05) is 11.6 Å². The Morgan fingerprint density at radius 1 is 1.29 bits per heavy atom. The van der Waals surface area contributed by atoms with E-state index in [4.69, 9.17) is 16.0 Å². The van der Waals surface area contributed by atoms with Gasteiger partial charge in [0.05, 0.1) is 18.2 Å². The van der Waals surface area contributed by atoms with E-state index in [1.165, 1.54) is 6.20 Å². The third-order valence-corrected chi connectivity index (χ3v) is 2.04. The Balaban J connectivity index is 1.98. The Morgan fingerprint density at radius 2 is 2.21 bits per heavy atom. The third-order valence-electron chi connectivity index (χ3n) is 1.86. The Hall–Kier alpha value is -1.35. The maximum atomic E-state index is 5.71. The Labute approximate surface area is 86.8 Å². The molecule has 0 saturated heterocycles.